The van der Waals surface area contributed by atoms with Crippen LogP contribution in [0.5, 0.6) is 0 Å². The standard InChI is InChI=1S/2C8H6O4.2C4H6O.4C3H6/c9-7(10)5-1-2-6(4-3-5)8(11)12;9-7(10)5-2-1-3-6(4-5)8(11)12;2*1-3-5-4-2;4*1-3-2/h2*1-4H,(H,9,10)(H,11,12);2*3-4H,1-2H2;4*3H,1H2,2H3. The Morgan fingerprint density at radius 3 is 0.783 bits per heavy atom. The van der Waals surface area contributed by atoms with Crippen LogP contribution in [0.3, 0.4) is 0 Å². The van der Waals surface area contributed by atoms with Gasteiger partial charge in [0.2, 0.25) is 0 Å². The van der Waals surface area contributed by atoms with E-state index in [1.807, 2.05) is 27.7 Å². The van der Waals surface area contributed by atoms with E-state index >= 15 is 0 Å². The van der Waals surface area contributed by atoms with Gasteiger partial charge in [0.05, 0.1) is 47.3 Å². The Morgan fingerprint density at radius 2 is 0.652 bits per heavy atom. The predicted octanol–water partition coefficient (Wildman–Crippen LogP) is 9.52. The molecule has 2 aromatic carbocycles. The first-order valence-electron chi connectivity index (χ1n) is 12.9. The molecule has 4 N–H and O–H groups in total. The molecule has 10 nitrogen and oxygen atoms in total. The molecule has 0 radical (unpaired) electrons. The summed E-state index contributed by atoms with van der Waals surface area (Å²) in [7, 11) is 0. The maximum absolute atomic E-state index is 10.4. The Morgan fingerprint density at radius 1 is 0.457 bits per heavy atom. The fraction of sp³-hybridized carbons (Fsp3) is 0.111. The minimum atomic E-state index is -1.13. The molecule has 0 aliphatic rings. The van der Waals surface area contributed by atoms with Gasteiger partial charge in [-0.1, -0.05) is 56.7 Å². The summed E-state index contributed by atoms with van der Waals surface area (Å²) >= 11 is 0. The molecule has 0 aromatic heterocycles. The third-order valence-electron chi connectivity index (χ3n) is 3.12. The molecule has 10 heteroatoms. The zero-order valence-corrected chi connectivity index (χ0v) is 27.1. The van der Waals surface area contributed by atoms with Gasteiger partial charge in [0, 0.05) is 0 Å². The molecule has 0 saturated heterocycles. The zero-order valence-electron chi connectivity index (χ0n) is 27.1. The summed E-state index contributed by atoms with van der Waals surface area (Å²) in [5.74, 6) is -4.38. The van der Waals surface area contributed by atoms with Crippen LogP contribution in [0.1, 0.15) is 69.1 Å². The molecule has 0 aliphatic carbocycles. The Bertz CT molecular complexity index is 1070. The van der Waals surface area contributed by atoms with Gasteiger partial charge < -0.3 is 29.9 Å². The van der Waals surface area contributed by atoms with Gasteiger partial charge in [-0.2, -0.15) is 0 Å². The average molecular weight is 641 g/mol. The molecule has 0 bridgehead atoms. The van der Waals surface area contributed by atoms with E-state index in [1.54, 1.807) is 24.3 Å². The van der Waals surface area contributed by atoms with Crippen molar-refractivity contribution in [1.82, 2.24) is 0 Å². The summed E-state index contributed by atoms with van der Waals surface area (Å²) in [4.78, 5) is 41.4. The summed E-state index contributed by atoms with van der Waals surface area (Å²) in [6.45, 7) is 34.0. The average Bonchev–Trinajstić information content (AvgIpc) is 3.01. The van der Waals surface area contributed by atoms with Crippen molar-refractivity contribution in [3.63, 3.8) is 0 Å². The second kappa shape index (κ2) is 43.3. The van der Waals surface area contributed by atoms with E-state index in [4.69, 9.17) is 20.4 Å². The zero-order chi connectivity index (χ0) is 37.3. The van der Waals surface area contributed by atoms with Crippen molar-refractivity contribution in [2.75, 3.05) is 0 Å². The lowest BCUT2D eigenvalue weighted by Crippen LogP contribution is -2.01. The third-order valence-corrected chi connectivity index (χ3v) is 3.12. The Kier molecular flexibility index (Phi) is 49.4. The van der Waals surface area contributed by atoms with Gasteiger partial charge in [0.25, 0.3) is 0 Å². The normalized spacial score (nSPS) is 7.22. The quantitative estimate of drug-likeness (QED) is 0.161. The lowest BCUT2D eigenvalue weighted by molar-refractivity contribution is 0.0681. The number of carboxylic acids is 4. The molecule has 0 aliphatic heterocycles. The summed E-state index contributed by atoms with van der Waals surface area (Å²) in [6.07, 6.45) is 12.2. The van der Waals surface area contributed by atoms with E-state index < -0.39 is 23.9 Å². The van der Waals surface area contributed by atoms with Gasteiger partial charge in [-0.25, -0.2) is 19.2 Å². The van der Waals surface area contributed by atoms with Crippen LogP contribution in [0, 0.1) is 0 Å². The third kappa shape index (κ3) is 44.8. The van der Waals surface area contributed by atoms with Crippen molar-refractivity contribution < 1.29 is 49.1 Å². The minimum Gasteiger partial charge on any atom is -0.478 e. The Labute approximate surface area is 273 Å². The Hall–Kier alpha value is -6.16. The van der Waals surface area contributed by atoms with Gasteiger partial charge in [0.15, 0.2) is 0 Å². The molecule has 2 rings (SSSR count). The molecule has 0 spiro atoms. The van der Waals surface area contributed by atoms with Crippen molar-refractivity contribution in [2.24, 2.45) is 0 Å². The summed E-state index contributed by atoms with van der Waals surface area (Å²) in [5.41, 5.74) is 0.129. The van der Waals surface area contributed by atoms with Crippen LogP contribution < -0.4 is 0 Å². The topological polar surface area (TPSA) is 168 Å². The summed E-state index contributed by atoms with van der Waals surface area (Å²) in [5, 5.41) is 33.9. The molecule has 0 fully saturated rings. The monoisotopic (exact) mass is 640 g/mol. The van der Waals surface area contributed by atoms with Crippen molar-refractivity contribution in [3.8, 4) is 0 Å². The smallest absolute Gasteiger partial charge is 0.335 e. The van der Waals surface area contributed by atoms with Gasteiger partial charge in [-0.15, -0.1) is 26.3 Å². The Balaban J connectivity index is -0.000000109. The minimum absolute atomic E-state index is 0.0186. The molecule has 46 heavy (non-hydrogen) atoms. The van der Waals surface area contributed by atoms with Crippen LogP contribution >= 0.6 is 0 Å². The van der Waals surface area contributed by atoms with E-state index in [9.17, 15) is 19.2 Å². The number of hydrogen-bond donors (Lipinski definition) is 4. The molecule has 0 atom stereocenters. The first-order valence-corrected chi connectivity index (χ1v) is 12.9. The first kappa shape index (κ1) is 52.5. The molecule has 2 aromatic rings. The second-order valence-corrected chi connectivity index (χ2v) is 6.95. The highest BCUT2D eigenvalue weighted by Crippen LogP contribution is 2.05. The highest BCUT2D eigenvalue weighted by atomic mass is 16.5. The number of carboxylic acid groups (broad SMARTS) is 4. The molecule has 0 amide bonds. The van der Waals surface area contributed by atoms with Crippen molar-refractivity contribution in [2.45, 2.75) is 27.7 Å². The molecule has 0 heterocycles. The van der Waals surface area contributed by atoms with E-state index in [1.165, 1.54) is 67.5 Å². The van der Waals surface area contributed by atoms with Crippen LogP contribution in [0.2, 0.25) is 0 Å². The van der Waals surface area contributed by atoms with E-state index in [-0.39, 0.29) is 22.3 Å². The largest absolute Gasteiger partial charge is 0.478 e. The molecular formula is C36H48O10. The SMILES string of the molecule is C=CC.C=CC.C=CC.C=CC.C=COC=C.C=COC=C.O=C(O)c1ccc(C(=O)O)cc1.O=C(O)c1cccc(C(=O)O)c1. The van der Waals surface area contributed by atoms with Gasteiger partial charge >= 0.3 is 23.9 Å². The number of benzene rings is 2. The number of ether oxygens (including phenoxy) is 2. The van der Waals surface area contributed by atoms with Crippen LogP contribution in [-0.4, -0.2) is 44.3 Å². The first-order chi connectivity index (χ1) is 21.7. The number of rotatable bonds is 8. The number of carbonyl (C=O) groups is 4. The second-order valence-electron chi connectivity index (χ2n) is 6.95. The van der Waals surface area contributed by atoms with E-state index in [2.05, 4.69) is 62.1 Å². The number of hydrogen-bond acceptors (Lipinski definition) is 6. The number of allylic oxidation sites excluding steroid dienone is 4. The van der Waals surface area contributed by atoms with Crippen LogP contribution in [-0.2, 0) is 9.47 Å². The highest BCUT2D eigenvalue weighted by molar-refractivity contribution is 5.93. The van der Waals surface area contributed by atoms with Gasteiger partial charge in [-0.3, -0.25) is 0 Å². The van der Waals surface area contributed by atoms with Gasteiger partial charge in [0.1, 0.15) is 0 Å². The fourth-order valence-corrected chi connectivity index (χ4v) is 1.68. The van der Waals surface area contributed by atoms with Gasteiger partial charge in [-0.05, 0) is 70.2 Å². The fourth-order valence-electron chi connectivity index (χ4n) is 1.68. The maximum Gasteiger partial charge on any atom is 0.335 e. The molecule has 252 valence electrons. The van der Waals surface area contributed by atoms with Crippen LogP contribution in [0.4, 0.5) is 0 Å². The van der Waals surface area contributed by atoms with Crippen molar-refractivity contribution >= 4 is 23.9 Å². The predicted molar refractivity (Wildman–Crippen MR) is 187 cm³/mol. The lowest BCUT2D eigenvalue weighted by atomic mass is 10.1. The summed E-state index contributed by atoms with van der Waals surface area (Å²) in [6, 6.07) is 10.2. The van der Waals surface area contributed by atoms with Crippen LogP contribution in [0.25, 0.3) is 0 Å². The molecule has 0 saturated carbocycles. The van der Waals surface area contributed by atoms with E-state index in [0.29, 0.717) is 0 Å². The molecule has 0 unspecified atom stereocenters. The highest BCUT2D eigenvalue weighted by Gasteiger charge is 2.07. The maximum atomic E-state index is 10.4. The van der Waals surface area contributed by atoms with Crippen molar-refractivity contribution in [3.05, 3.63) is 173 Å². The van der Waals surface area contributed by atoms with E-state index in [0.717, 1.165) is 6.07 Å². The molecular weight excluding hydrogens is 592 g/mol. The van der Waals surface area contributed by atoms with Crippen molar-refractivity contribution in [1.29, 1.82) is 0 Å². The lowest BCUT2D eigenvalue weighted by Gasteiger charge is -1.95. The number of aromatic carboxylic acids is 4. The summed E-state index contributed by atoms with van der Waals surface area (Å²) < 4.78 is 8.72. The van der Waals surface area contributed by atoms with Crippen LogP contribution in [0.15, 0.2) is 151 Å².